The van der Waals surface area contributed by atoms with Crippen molar-refractivity contribution in [3.05, 3.63) is 76.0 Å². The molecule has 6 nitrogen and oxygen atoms in total. The molecule has 0 saturated heterocycles. The molecule has 1 N–H and O–H groups in total. The van der Waals surface area contributed by atoms with Crippen LogP contribution in [0.15, 0.2) is 60.0 Å². The molecule has 2 heterocycles. The number of aryl methyl sites for hydroxylation is 1. The molecule has 1 unspecified atom stereocenters. The third kappa shape index (κ3) is 5.20. The molecule has 3 aromatic rings. The van der Waals surface area contributed by atoms with Crippen molar-refractivity contribution in [1.29, 1.82) is 0 Å². The molecule has 2 aromatic carbocycles. The molecule has 2 amide bonds. The van der Waals surface area contributed by atoms with Gasteiger partial charge in [0.25, 0.3) is 0 Å². The van der Waals surface area contributed by atoms with Gasteiger partial charge in [-0.15, -0.1) is 11.3 Å². The topological polar surface area (TPSA) is 67.9 Å². The lowest BCUT2D eigenvalue weighted by Gasteiger charge is -2.32. The zero-order valence-electron chi connectivity index (χ0n) is 19.9. The lowest BCUT2D eigenvalue weighted by atomic mass is 9.99. The molecule has 1 fully saturated rings. The molecule has 182 valence electrons. The number of nitrogens with one attached hydrogen (secondary N) is 1. The lowest BCUT2D eigenvalue weighted by molar-refractivity contribution is -0.127. The van der Waals surface area contributed by atoms with E-state index in [0.717, 1.165) is 42.5 Å². The number of anilines is 1. The zero-order chi connectivity index (χ0) is 24.2. The van der Waals surface area contributed by atoms with Gasteiger partial charge in [0, 0.05) is 22.7 Å². The second-order valence-electron chi connectivity index (χ2n) is 9.05. The van der Waals surface area contributed by atoms with E-state index < -0.39 is 6.04 Å². The fraction of sp³-hybridized carbons (Fsp3) is 0.357. The van der Waals surface area contributed by atoms with Crippen molar-refractivity contribution < 1.29 is 19.1 Å². The normalized spacial score (nSPS) is 15.7. The molecule has 1 aliphatic heterocycles. The van der Waals surface area contributed by atoms with Crippen LogP contribution in [0.4, 0.5) is 5.69 Å². The van der Waals surface area contributed by atoms with Crippen LogP contribution in [0, 0.1) is 0 Å². The molecule has 5 rings (SSSR count). The van der Waals surface area contributed by atoms with Gasteiger partial charge in [0.05, 0.1) is 6.42 Å². The molecular formula is C28H30N2O4S. The van der Waals surface area contributed by atoms with E-state index in [1.54, 1.807) is 17.0 Å². The average Bonchev–Trinajstić information content (AvgIpc) is 3.65. The van der Waals surface area contributed by atoms with Crippen LogP contribution in [0.5, 0.6) is 11.5 Å². The van der Waals surface area contributed by atoms with Crippen molar-refractivity contribution in [3.8, 4) is 11.5 Å². The van der Waals surface area contributed by atoms with Crippen LogP contribution in [0.3, 0.4) is 0 Å². The summed E-state index contributed by atoms with van der Waals surface area (Å²) >= 11 is 1.54. The number of benzene rings is 2. The first-order chi connectivity index (χ1) is 17.1. The van der Waals surface area contributed by atoms with Gasteiger partial charge in [-0.25, -0.2) is 0 Å². The summed E-state index contributed by atoms with van der Waals surface area (Å²) in [5.41, 5.74) is 2.58. The summed E-state index contributed by atoms with van der Waals surface area (Å²) in [5.74, 6) is 0.919. The van der Waals surface area contributed by atoms with E-state index in [0.29, 0.717) is 17.2 Å². The summed E-state index contributed by atoms with van der Waals surface area (Å²) < 4.78 is 11.1. The first kappa shape index (κ1) is 23.4. The smallest absolute Gasteiger partial charge is 0.248 e. The van der Waals surface area contributed by atoms with E-state index in [-0.39, 0.29) is 31.1 Å². The van der Waals surface area contributed by atoms with E-state index in [1.165, 1.54) is 16.9 Å². The first-order valence-electron chi connectivity index (χ1n) is 12.3. The van der Waals surface area contributed by atoms with Crippen LogP contribution in [0.25, 0.3) is 0 Å². The van der Waals surface area contributed by atoms with Crippen molar-refractivity contribution in [2.24, 2.45) is 0 Å². The minimum Gasteiger partial charge on any atom is -0.454 e. The number of rotatable bonds is 8. The Morgan fingerprint density at radius 3 is 2.54 bits per heavy atom. The van der Waals surface area contributed by atoms with E-state index in [1.807, 2.05) is 47.8 Å². The number of carbonyl (C=O) groups is 2. The summed E-state index contributed by atoms with van der Waals surface area (Å²) in [7, 11) is 0. The second-order valence-corrected chi connectivity index (χ2v) is 10.1. The maximum Gasteiger partial charge on any atom is 0.248 e. The number of hydrogen-bond acceptors (Lipinski definition) is 5. The Morgan fingerprint density at radius 1 is 1.06 bits per heavy atom. The van der Waals surface area contributed by atoms with Crippen LogP contribution in [-0.4, -0.2) is 24.6 Å². The van der Waals surface area contributed by atoms with Crippen LogP contribution in [0.1, 0.15) is 54.7 Å². The highest BCUT2D eigenvalue weighted by Crippen LogP contribution is 2.38. The maximum atomic E-state index is 13.9. The van der Waals surface area contributed by atoms with Gasteiger partial charge >= 0.3 is 0 Å². The van der Waals surface area contributed by atoms with Crippen LogP contribution in [0.2, 0.25) is 0 Å². The van der Waals surface area contributed by atoms with Gasteiger partial charge in [0.2, 0.25) is 18.6 Å². The van der Waals surface area contributed by atoms with Gasteiger partial charge in [-0.3, -0.25) is 14.5 Å². The molecule has 2 aliphatic rings. The number of thiophene rings is 1. The van der Waals surface area contributed by atoms with E-state index in [4.69, 9.17) is 9.47 Å². The second kappa shape index (κ2) is 10.5. The number of amides is 2. The largest absolute Gasteiger partial charge is 0.454 e. The molecule has 0 spiro atoms. The molecule has 1 aromatic heterocycles. The van der Waals surface area contributed by atoms with E-state index in [2.05, 4.69) is 12.2 Å². The van der Waals surface area contributed by atoms with Crippen molar-refractivity contribution in [2.75, 3.05) is 11.7 Å². The van der Waals surface area contributed by atoms with Gasteiger partial charge < -0.3 is 14.8 Å². The molecular weight excluding hydrogens is 460 g/mol. The van der Waals surface area contributed by atoms with Crippen molar-refractivity contribution in [3.63, 3.8) is 0 Å². The van der Waals surface area contributed by atoms with Crippen LogP contribution < -0.4 is 19.7 Å². The summed E-state index contributed by atoms with van der Waals surface area (Å²) in [6.45, 7) is 2.24. The molecule has 35 heavy (non-hydrogen) atoms. The average molecular weight is 491 g/mol. The van der Waals surface area contributed by atoms with Gasteiger partial charge in [0.15, 0.2) is 11.5 Å². The standard InChI is InChI=1S/C28H30N2O4S/c1-2-19-9-11-20(12-10-19)27(28(32)29-21-6-3-4-7-21)30(26(31)17-23-8-5-15-35-23)22-13-14-24-25(16-22)34-18-33-24/h5,8-16,21,27H,2-4,6-7,17-18H2,1H3,(H,29,32). The summed E-state index contributed by atoms with van der Waals surface area (Å²) in [6.07, 6.45) is 5.30. The Kier molecular flexibility index (Phi) is 7.04. The Hall–Kier alpha value is -3.32. The molecule has 1 saturated carbocycles. The van der Waals surface area contributed by atoms with Crippen molar-refractivity contribution in [2.45, 2.75) is 57.5 Å². The molecule has 0 radical (unpaired) electrons. The van der Waals surface area contributed by atoms with Crippen LogP contribution in [-0.2, 0) is 22.4 Å². The lowest BCUT2D eigenvalue weighted by Crippen LogP contribution is -2.46. The van der Waals surface area contributed by atoms with Crippen molar-refractivity contribution >= 4 is 28.8 Å². The first-order valence-corrected chi connectivity index (χ1v) is 13.1. The molecule has 7 heteroatoms. The van der Waals surface area contributed by atoms with Crippen LogP contribution >= 0.6 is 11.3 Å². The molecule has 1 aliphatic carbocycles. The predicted octanol–water partition coefficient (Wildman–Crippen LogP) is 5.42. The summed E-state index contributed by atoms with van der Waals surface area (Å²) in [5, 5.41) is 5.20. The Bertz CT molecular complexity index is 1170. The predicted molar refractivity (Wildman–Crippen MR) is 137 cm³/mol. The number of fused-ring (bicyclic) bond motifs is 1. The van der Waals surface area contributed by atoms with E-state index >= 15 is 0 Å². The van der Waals surface area contributed by atoms with Gasteiger partial charge in [-0.2, -0.15) is 0 Å². The third-order valence-electron chi connectivity index (χ3n) is 6.72. The molecule has 1 atom stereocenters. The highest BCUT2D eigenvalue weighted by molar-refractivity contribution is 7.10. The Balaban J connectivity index is 1.56. The monoisotopic (exact) mass is 490 g/mol. The van der Waals surface area contributed by atoms with Gasteiger partial charge in [-0.1, -0.05) is 50.1 Å². The van der Waals surface area contributed by atoms with Gasteiger partial charge in [0.1, 0.15) is 6.04 Å². The van der Waals surface area contributed by atoms with Gasteiger partial charge in [-0.05, 0) is 54.0 Å². The fourth-order valence-electron chi connectivity index (χ4n) is 4.82. The third-order valence-corrected chi connectivity index (χ3v) is 7.60. The maximum absolute atomic E-state index is 13.9. The summed E-state index contributed by atoms with van der Waals surface area (Å²) in [4.78, 5) is 30.3. The van der Waals surface area contributed by atoms with E-state index in [9.17, 15) is 9.59 Å². The quantitative estimate of drug-likeness (QED) is 0.458. The highest BCUT2D eigenvalue weighted by Gasteiger charge is 2.35. The minimum absolute atomic E-state index is 0.141. The molecule has 0 bridgehead atoms. The zero-order valence-corrected chi connectivity index (χ0v) is 20.7. The minimum atomic E-state index is -0.797. The summed E-state index contributed by atoms with van der Waals surface area (Å²) in [6, 6.07) is 16.7. The number of carbonyl (C=O) groups excluding carboxylic acids is 2. The van der Waals surface area contributed by atoms with Crippen molar-refractivity contribution in [1.82, 2.24) is 5.32 Å². The number of hydrogen-bond donors (Lipinski definition) is 1. The SMILES string of the molecule is CCc1ccc(C(C(=O)NC2CCCC2)N(C(=O)Cc2cccs2)c2ccc3c(c2)OCO3)cc1. The number of ether oxygens (including phenoxy) is 2. The Morgan fingerprint density at radius 2 is 1.83 bits per heavy atom. The Labute approximate surface area is 209 Å². The fourth-order valence-corrected chi connectivity index (χ4v) is 5.52. The highest BCUT2D eigenvalue weighted by atomic mass is 32.1. The number of nitrogens with zero attached hydrogens (tertiary/aromatic N) is 1.